The molecular weight excluding hydrogens is 226 g/mol. The molecule has 18 heavy (non-hydrogen) atoms. The normalized spacial score (nSPS) is 13.1. The lowest BCUT2D eigenvalue weighted by atomic mass is 10.1. The average molecular weight is 251 g/mol. The Kier molecular flexibility index (Phi) is 6.16. The van der Waals surface area contributed by atoms with Crippen LogP contribution in [0.4, 0.5) is 0 Å². The van der Waals surface area contributed by atoms with Crippen LogP contribution in [0.3, 0.4) is 0 Å². The van der Waals surface area contributed by atoms with E-state index in [-0.39, 0.29) is 6.10 Å². The van der Waals surface area contributed by atoms with E-state index in [1.165, 1.54) is 0 Å². The van der Waals surface area contributed by atoms with Crippen molar-refractivity contribution in [2.75, 3.05) is 13.1 Å². The third-order valence-electron chi connectivity index (χ3n) is 2.53. The predicted molar refractivity (Wildman–Crippen MR) is 74.9 cm³/mol. The number of hydrogen-bond acceptors (Lipinski definition) is 3. The second-order valence-corrected chi connectivity index (χ2v) is 5.27. The molecule has 102 valence electrons. The Labute approximate surface area is 110 Å². The highest BCUT2D eigenvalue weighted by molar-refractivity contribution is 5.35. The summed E-state index contributed by atoms with van der Waals surface area (Å²) in [4.78, 5) is 0. The molecule has 0 radical (unpaired) electrons. The van der Waals surface area contributed by atoms with Crippen LogP contribution in [-0.2, 0) is 0 Å². The SMILES string of the molecule is CC(C)CNCC(O)c1ccccc1OC(C)C. The van der Waals surface area contributed by atoms with Crippen LogP contribution < -0.4 is 10.1 Å². The number of ether oxygens (including phenoxy) is 1. The van der Waals surface area contributed by atoms with Gasteiger partial charge >= 0.3 is 0 Å². The predicted octanol–water partition coefficient (Wildman–Crippen LogP) is 2.75. The molecule has 0 bridgehead atoms. The molecule has 2 N–H and O–H groups in total. The van der Waals surface area contributed by atoms with Gasteiger partial charge in [-0.2, -0.15) is 0 Å². The van der Waals surface area contributed by atoms with E-state index in [0.717, 1.165) is 17.9 Å². The molecule has 0 amide bonds. The van der Waals surface area contributed by atoms with Crippen LogP contribution in [0.25, 0.3) is 0 Å². The van der Waals surface area contributed by atoms with Crippen molar-refractivity contribution in [3.63, 3.8) is 0 Å². The Morgan fingerprint density at radius 2 is 1.78 bits per heavy atom. The summed E-state index contributed by atoms with van der Waals surface area (Å²) in [5, 5.41) is 13.4. The minimum absolute atomic E-state index is 0.113. The van der Waals surface area contributed by atoms with Gasteiger partial charge in [0.05, 0.1) is 12.2 Å². The molecule has 0 aliphatic rings. The minimum Gasteiger partial charge on any atom is -0.491 e. The van der Waals surface area contributed by atoms with Gasteiger partial charge in [0.1, 0.15) is 5.75 Å². The largest absolute Gasteiger partial charge is 0.491 e. The van der Waals surface area contributed by atoms with Crippen LogP contribution >= 0.6 is 0 Å². The van der Waals surface area contributed by atoms with Crippen molar-refractivity contribution in [2.24, 2.45) is 5.92 Å². The van der Waals surface area contributed by atoms with Crippen molar-refractivity contribution in [1.29, 1.82) is 0 Å². The van der Waals surface area contributed by atoms with E-state index in [4.69, 9.17) is 4.74 Å². The maximum atomic E-state index is 10.2. The second kappa shape index (κ2) is 7.39. The van der Waals surface area contributed by atoms with Crippen LogP contribution in [0, 0.1) is 5.92 Å². The van der Waals surface area contributed by atoms with E-state index in [9.17, 15) is 5.11 Å². The summed E-state index contributed by atoms with van der Waals surface area (Å²) in [6, 6.07) is 7.67. The molecule has 3 nitrogen and oxygen atoms in total. The van der Waals surface area contributed by atoms with Gasteiger partial charge in [0.2, 0.25) is 0 Å². The number of rotatable bonds is 7. The van der Waals surface area contributed by atoms with E-state index in [1.807, 2.05) is 38.1 Å². The van der Waals surface area contributed by atoms with Gasteiger partial charge in [-0.3, -0.25) is 0 Å². The summed E-state index contributed by atoms with van der Waals surface area (Å²) < 4.78 is 5.71. The molecule has 1 unspecified atom stereocenters. The zero-order chi connectivity index (χ0) is 13.5. The van der Waals surface area contributed by atoms with Gasteiger partial charge in [0.15, 0.2) is 0 Å². The third-order valence-corrected chi connectivity index (χ3v) is 2.53. The number of aliphatic hydroxyl groups is 1. The highest BCUT2D eigenvalue weighted by atomic mass is 16.5. The van der Waals surface area contributed by atoms with Gasteiger partial charge in [-0.1, -0.05) is 32.0 Å². The highest BCUT2D eigenvalue weighted by Gasteiger charge is 2.13. The summed E-state index contributed by atoms with van der Waals surface area (Å²) in [6.45, 7) is 9.73. The quantitative estimate of drug-likeness (QED) is 0.783. The number of benzene rings is 1. The first-order valence-corrected chi connectivity index (χ1v) is 6.65. The maximum Gasteiger partial charge on any atom is 0.125 e. The van der Waals surface area contributed by atoms with Gasteiger partial charge in [-0.25, -0.2) is 0 Å². The molecule has 0 saturated heterocycles. The number of aliphatic hydroxyl groups excluding tert-OH is 1. The van der Waals surface area contributed by atoms with Crippen molar-refractivity contribution in [3.05, 3.63) is 29.8 Å². The molecule has 0 heterocycles. The fraction of sp³-hybridized carbons (Fsp3) is 0.600. The number of nitrogens with one attached hydrogen (secondary N) is 1. The van der Waals surface area contributed by atoms with Gasteiger partial charge in [-0.05, 0) is 32.4 Å². The van der Waals surface area contributed by atoms with Gasteiger partial charge < -0.3 is 15.2 Å². The second-order valence-electron chi connectivity index (χ2n) is 5.27. The van der Waals surface area contributed by atoms with E-state index in [0.29, 0.717) is 12.5 Å². The Morgan fingerprint density at radius 3 is 2.39 bits per heavy atom. The number of para-hydroxylation sites is 1. The van der Waals surface area contributed by atoms with Crippen molar-refractivity contribution >= 4 is 0 Å². The Balaban J connectivity index is 2.63. The highest BCUT2D eigenvalue weighted by Crippen LogP contribution is 2.25. The molecule has 1 atom stereocenters. The fourth-order valence-corrected chi connectivity index (χ4v) is 1.74. The summed E-state index contributed by atoms with van der Waals surface area (Å²) in [7, 11) is 0. The van der Waals surface area contributed by atoms with Crippen molar-refractivity contribution in [3.8, 4) is 5.75 Å². The van der Waals surface area contributed by atoms with Crippen LogP contribution in [0.1, 0.15) is 39.4 Å². The third kappa shape index (κ3) is 5.07. The molecule has 0 aliphatic heterocycles. The zero-order valence-corrected chi connectivity index (χ0v) is 11.8. The molecule has 1 aromatic rings. The van der Waals surface area contributed by atoms with Crippen LogP contribution in [0.2, 0.25) is 0 Å². The van der Waals surface area contributed by atoms with Gasteiger partial charge in [-0.15, -0.1) is 0 Å². The van der Waals surface area contributed by atoms with E-state index < -0.39 is 6.10 Å². The number of hydrogen-bond donors (Lipinski definition) is 2. The Bertz CT molecular complexity index is 350. The Morgan fingerprint density at radius 1 is 1.11 bits per heavy atom. The molecule has 1 rings (SSSR count). The summed E-state index contributed by atoms with van der Waals surface area (Å²) in [5.74, 6) is 1.35. The lowest BCUT2D eigenvalue weighted by Crippen LogP contribution is -2.25. The first kappa shape index (κ1) is 15.0. The van der Waals surface area contributed by atoms with E-state index in [2.05, 4.69) is 19.2 Å². The molecule has 1 aromatic carbocycles. The standard InChI is InChI=1S/C15H25NO2/c1-11(2)9-16-10-14(17)13-7-5-6-8-15(13)18-12(3)4/h5-8,11-12,14,16-17H,9-10H2,1-4H3. The molecular formula is C15H25NO2. The molecule has 0 saturated carbocycles. The van der Waals surface area contributed by atoms with Crippen molar-refractivity contribution in [2.45, 2.75) is 39.9 Å². The maximum absolute atomic E-state index is 10.2. The molecule has 3 heteroatoms. The van der Waals surface area contributed by atoms with Crippen LogP contribution in [0.5, 0.6) is 5.75 Å². The lowest BCUT2D eigenvalue weighted by Gasteiger charge is -2.18. The summed E-state index contributed by atoms with van der Waals surface area (Å²) in [5.41, 5.74) is 0.849. The Hall–Kier alpha value is -1.06. The molecule has 0 aliphatic carbocycles. The van der Waals surface area contributed by atoms with Crippen LogP contribution in [0.15, 0.2) is 24.3 Å². The molecule has 0 spiro atoms. The van der Waals surface area contributed by atoms with E-state index >= 15 is 0 Å². The first-order valence-electron chi connectivity index (χ1n) is 6.65. The van der Waals surface area contributed by atoms with Crippen LogP contribution in [-0.4, -0.2) is 24.3 Å². The fourth-order valence-electron chi connectivity index (χ4n) is 1.74. The van der Waals surface area contributed by atoms with Gasteiger partial charge in [0.25, 0.3) is 0 Å². The molecule has 0 aromatic heterocycles. The average Bonchev–Trinajstić information content (AvgIpc) is 2.28. The van der Waals surface area contributed by atoms with E-state index in [1.54, 1.807) is 0 Å². The zero-order valence-electron chi connectivity index (χ0n) is 11.8. The minimum atomic E-state index is -0.529. The van der Waals surface area contributed by atoms with Gasteiger partial charge in [0, 0.05) is 12.1 Å². The topological polar surface area (TPSA) is 41.5 Å². The monoisotopic (exact) mass is 251 g/mol. The van der Waals surface area contributed by atoms with Crippen molar-refractivity contribution < 1.29 is 9.84 Å². The summed E-state index contributed by atoms with van der Waals surface area (Å²) in [6.07, 6.45) is -0.416. The summed E-state index contributed by atoms with van der Waals surface area (Å²) >= 11 is 0. The lowest BCUT2D eigenvalue weighted by molar-refractivity contribution is 0.162. The first-order chi connectivity index (χ1) is 8.50. The van der Waals surface area contributed by atoms with Crippen molar-refractivity contribution in [1.82, 2.24) is 5.32 Å². The molecule has 0 fully saturated rings. The smallest absolute Gasteiger partial charge is 0.125 e.